The zero-order valence-corrected chi connectivity index (χ0v) is 20.7. The molecule has 0 N–H and O–H groups in total. The Morgan fingerprint density at radius 1 is 0.529 bits per heavy atom. The van der Waals surface area contributed by atoms with E-state index in [1.807, 2.05) is 23.5 Å². The molecule has 34 heavy (non-hydrogen) atoms. The number of thioether (sulfide) groups is 2. The Labute approximate surface area is 208 Å². The van der Waals surface area contributed by atoms with Crippen LogP contribution >= 0.6 is 23.5 Å². The highest BCUT2D eigenvalue weighted by molar-refractivity contribution is 8.17. The zero-order valence-electron chi connectivity index (χ0n) is 19.1. The van der Waals surface area contributed by atoms with E-state index in [0.717, 1.165) is 0 Å². The van der Waals surface area contributed by atoms with Gasteiger partial charge < -0.3 is 0 Å². The van der Waals surface area contributed by atoms with Gasteiger partial charge in [0, 0.05) is 63.0 Å². The van der Waals surface area contributed by atoms with E-state index in [9.17, 15) is 0 Å². The van der Waals surface area contributed by atoms with E-state index in [1.54, 1.807) is 0 Å². The maximum Gasteiger partial charge on any atom is 0.470 e. The molecule has 3 bridgehead atoms. The molecule has 4 aromatic rings. The highest BCUT2D eigenvalue weighted by atomic mass is 32.2. The van der Waals surface area contributed by atoms with Crippen LogP contribution in [0.1, 0.15) is 36.1 Å². The van der Waals surface area contributed by atoms with Crippen LogP contribution in [-0.4, -0.2) is 25.9 Å². The third-order valence-corrected chi connectivity index (χ3v) is 10.3. The molecule has 0 unspecified atom stereocenters. The molecule has 1 spiro atoms. The summed E-state index contributed by atoms with van der Waals surface area (Å²) in [5.41, 5.74) is 7.65. The van der Waals surface area contributed by atoms with Crippen LogP contribution in [0, 0.1) is 0 Å². The fourth-order valence-electron chi connectivity index (χ4n) is 5.36. The maximum atomic E-state index is 2.47. The van der Waals surface area contributed by atoms with Crippen molar-refractivity contribution < 1.29 is 9.15 Å². The third kappa shape index (κ3) is 2.73. The minimum absolute atomic E-state index is 0.0889. The smallest absolute Gasteiger partial charge is 0.114 e. The Kier molecular flexibility index (Phi) is 4.31. The quantitative estimate of drug-likeness (QED) is 0.279. The molecule has 2 nitrogen and oxygen atoms in total. The predicted molar refractivity (Wildman–Crippen MR) is 143 cm³/mol. The predicted octanol–water partition coefficient (Wildman–Crippen LogP) is 7.38. The lowest BCUT2D eigenvalue weighted by atomic mass is 9.77. The number of hydrogen-bond acceptors (Lipinski definition) is 2. The maximum absolute atomic E-state index is 2.47. The normalized spacial score (nSPS) is 18.3. The Hall–Kier alpha value is -3.08. The van der Waals surface area contributed by atoms with Gasteiger partial charge in [0.2, 0.25) is 11.4 Å². The van der Waals surface area contributed by atoms with Crippen LogP contribution in [0.15, 0.2) is 107 Å². The van der Waals surface area contributed by atoms with Crippen LogP contribution in [-0.2, 0) is 5.41 Å². The summed E-state index contributed by atoms with van der Waals surface area (Å²) in [6, 6.07) is 35.2. The van der Waals surface area contributed by atoms with Crippen molar-refractivity contribution in [3.63, 3.8) is 0 Å². The first-order valence-electron chi connectivity index (χ1n) is 11.6. The Morgan fingerprint density at radius 3 is 1.41 bits per heavy atom. The molecule has 3 heterocycles. The molecule has 0 atom stereocenters. The van der Waals surface area contributed by atoms with E-state index < -0.39 is 4.33 Å². The van der Waals surface area contributed by atoms with Crippen molar-refractivity contribution in [1.82, 2.24) is 0 Å². The first kappa shape index (κ1) is 20.3. The van der Waals surface area contributed by atoms with Gasteiger partial charge in [0.05, 0.1) is 11.1 Å². The summed E-state index contributed by atoms with van der Waals surface area (Å²) in [5.74, 6) is 0. The van der Waals surface area contributed by atoms with Gasteiger partial charge >= 0.3 is 4.33 Å². The van der Waals surface area contributed by atoms with Gasteiger partial charge in [-0.05, 0) is 23.3 Å². The Bertz CT molecular complexity index is 1400. The van der Waals surface area contributed by atoms with Crippen molar-refractivity contribution in [3.05, 3.63) is 119 Å². The molecule has 0 radical (unpaired) electrons. The van der Waals surface area contributed by atoms with Crippen LogP contribution in [0.4, 0.5) is 11.4 Å². The molecule has 0 saturated heterocycles. The van der Waals surface area contributed by atoms with Gasteiger partial charge in [0.1, 0.15) is 0 Å². The van der Waals surface area contributed by atoms with Crippen LogP contribution in [0.25, 0.3) is 0 Å². The minimum Gasteiger partial charge on any atom is -0.114 e. The summed E-state index contributed by atoms with van der Waals surface area (Å²) >= 11 is 3.95. The highest BCUT2D eigenvalue weighted by Gasteiger charge is 2.63. The molecular weight excluding hydrogens is 452 g/mol. The van der Waals surface area contributed by atoms with Gasteiger partial charge in [0.15, 0.2) is 12.4 Å². The fourth-order valence-corrected chi connectivity index (χ4v) is 8.93. The van der Waals surface area contributed by atoms with Crippen LogP contribution < -0.4 is 0 Å². The number of hydrogen-bond donors (Lipinski definition) is 0. The Balaban J connectivity index is 1.65. The second-order valence-corrected chi connectivity index (χ2v) is 12.1. The average Bonchev–Trinajstić information content (AvgIpc) is 2.87. The molecule has 0 amide bonds. The van der Waals surface area contributed by atoms with Crippen LogP contribution in [0.2, 0.25) is 0 Å². The molecule has 7 rings (SSSR count). The van der Waals surface area contributed by atoms with Gasteiger partial charge in [-0.3, -0.25) is 0 Å². The van der Waals surface area contributed by atoms with Crippen molar-refractivity contribution >= 4 is 47.3 Å². The van der Waals surface area contributed by atoms with Gasteiger partial charge in [-0.1, -0.05) is 74.5 Å². The second kappa shape index (κ2) is 7.21. The van der Waals surface area contributed by atoms with Crippen molar-refractivity contribution in [3.8, 4) is 0 Å². The number of benzene rings is 4. The average molecular weight is 477 g/mol. The summed E-state index contributed by atoms with van der Waals surface area (Å²) in [7, 11) is 0. The van der Waals surface area contributed by atoms with Crippen molar-refractivity contribution in [1.29, 1.82) is 0 Å². The number of rotatable bonds is 2. The van der Waals surface area contributed by atoms with E-state index in [-0.39, 0.29) is 5.41 Å². The fraction of sp³-hybridized carbons (Fsp3) is 0.133. The summed E-state index contributed by atoms with van der Waals surface area (Å²) in [5, 5.41) is 0. The van der Waals surface area contributed by atoms with E-state index in [1.165, 1.54) is 43.4 Å². The van der Waals surface area contributed by atoms with Gasteiger partial charge in [-0.15, -0.1) is 9.15 Å². The lowest BCUT2D eigenvalue weighted by molar-refractivity contribution is -0.690. The first-order chi connectivity index (χ1) is 16.6. The molecule has 4 heteroatoms. The molecule has 164 valence electrons. The largest absolute Gasteiger partial charge is 0.470 e. The third-order valence-electron chi connectivity index (χ3n) is 7.12. The van der Waals surface area contributed by atoms with Gasteiger partial charge in [-0.25, -0.2) is 0 Å². The number of nitrogens with zero attached hydrogens (tertiary/aromatic N) is 2. The second-order valence-electron chi connectivity index (χ2n) is 9.49. The standard InChI is InChI=1S/C30H24N2S2/c1-29(2)25-17-9-11-21-19-31(23-13-5-3-6-14-23)30(33-27(21)25)32(24-15-7-4-8-16-24)20-22-12-10-18-26(29)28(22)34-30/h3-20H,1-2H3/q+2. The molecule has 4 aromatic carbocycles. The molecule has 0 aliphatic carbocycles. The molecule has 0 aromatic heterocycles. The topological polar surface area (TPSA) is 6.02 Å². The molecular formula is C30H24N2S2+2. The van der Waals surface area contributed by atoms with Crippen molar-refractivity contribution in [2.75, 3.05) is 0 Å². The summed E-state index contributed by atoms with van der Waals surface area (Å²) in [4.78, 5) is 2.75. The zero-order chi connectivity index (χ0) is 22.9. The lowest BCUT2D eigenvalue weighted by Gasteiger charge is -2.39. The number of para-hydroxylation sites is 2. The molecule has 0 saturated carbocycles. The van der Waals surface area contributed by atoms with E-state index in [0.29, 0.717) is 0 Å². The van der Waals surface area contributed by atoms with E-state index >= 15 is 0 Å². The SMILES string of the molecule is CC1(C)c2cccc3c2SC2(Sc4c(cccc41)C=[N+]2c1ccccc1)[N+](c1ccccc1)=C3. The summed E-state index contributed by atoms with van der Waals surface area (Å²) in [6.07, 6.45) is 4.72. The van der Waals surface area contributed by atoms with Crippen LogP contribution in [0.5, 0.6) is 0 Å². The van der Waals surface area contributed by atoms with Crippen molar-refractivity contribution in [2.45, 2.75) is 33.4 Å². The van der Waals surface area contributed by atoms with Crippen LogP contribution in [0.3, 0.4) is 0 Å². The molecule has 3 aliphatic heterocycles. The Morgan fingerprint density at radius 2 is 0.971 bits per heavy atom. The monoisotopic (exact) mass is 476 g/mol. The van der Waals surface area contributed by atoms with E-state index in [4.69, 9.17) is 0 Å². The lowest BCUT2D eigenvalue weighted by Crippen LogP contribution is -2.48. The molecule has 0 fully saturated rings. The summed E-state index contributed by atoms with van der Waals surface area (Å²) in [6.45, 7) is 4.75. The van der Waals surface area contributed by atoms with Gasteiger partial charge in [0.25, 0.3) is 0 Å². The van der Waals surface area contributed by atoms with E-state index in [2.05, 4.69) is 132 Å². The highest BCUT2D eigenvalue weighted by Crippen LogP contribution is 2.60. The van der Waals surface area contributed by atoms with Crippen molar-refractivity contribution in [2.24, 2.45) is 0 Å². The molecule has 3 aliphatic rings. The minimum atomic E-state index is -0.425. The van der Waals surface area contributed by atoms with Gasteiger partial charge in [-0.2, -0.15) is 0 Å². The summed E-state index contributed by atoms with van der Waals surface area (Å²) < 4.78 is 4.51. The first-order valence-corrected chi connectivity index (χ1v) is 13.2.